The lowest BCUT2D eigenvalue weighted by Gasteiger charge is -2.07. The van der Waals surface area contributed by atoms with Crippen molar-refractivity contribution in [1.29, 1.82) is 0 Å². The second-order valence-corrected chi connectivity index (χ2v) is 7.70. The molecule has 0 saturated heterocycles. The predicted octanol–water partition coefficient (Wildman–Crippen LogP) is 2.94. The van der Waals surface area contributed by atoms with E-state index in [-0.39, 0.29) is 0 Å². The SMILES string of the molecule is Cc1cccc(-n2cc(C)c3cc(C(=O)NS(C)(=O)=O)ccc32)c1. The molecule has 0 atom stereocenters. The maximum absolute atomic E-state index is 12.0. The number of hydrogen-bond acceptors (Lipinski definition) is 3. The normalized spacial score (nSPS) is 11.6. The van der Waals surface area contributed by atoms with E-state index in [9.17, 15) is 13.2 Å². The van der Waals surface area contributed by atoms with Crippen LogP contribution in [0.2, 0.25) is 0 Å². The molecule has 3 aromatic rings. The smallest absolute Gasteiger partial charge is 0.264 e. The summed E-state index contributed by atoms with van der Waals surface area (Å²) in [5.41, 5.74) is 4.50. The highest BCUT2D eigenvalue weighted by atomic mass is 32.2. The fraction of sp³-hybridized carbons (Fsp3) is 0.167. The van der Waals surface area contributed by atoms with Gasteiger partial charge in [-0.3, -0.25) is 4.79 Å². The van der Waals surface area contributed by atoms with Crippen LogP contribution in [0.5, 0.6) is 0 Å². The molecule has 0 aliphatic carbocycles. The molecule has 24 heavy (non-hydrogen) atoms. The minimum absolute atomic E-state index is 0.318. The summed E-state index contributed by atoms with van der Waals surface area (Å²) in [6, 6.07) is 13.3. The molecule has 0 aliphatic rings. The molecule has 0 saturated carbocycles. The van der Waals surface area contributed by atoms with Crippen molar-refractivity contribution in [1.82, 2.24) is 9.29 Å². The van der Waals surface area contributed by atoms with Crippen LogP contribution in [0.25, 0.3) is 16.6 Å². The lowest BCUT2D eigenvalue weighted by atomic mass is 10.1. The minimum Gasteiger partial charge on any atom is -0.316 e. The molecule has 2 aromatic carbocycles. The fourth-order valence-corrected chi connectivity index (χ4v) is 3.21. The number of carbonyl (C=O) groups is 1. The zero-order valence-electron chi connectivity index (χ0n) is 13.7. The standard InChI is InChI=1S/C18H18N2O3S/c1-12-5-4-6-15(9-12)20-11-13(2)16-10-14(7-8-17(16)20)18(21)19-24(3,22)23/h4-11H,1-3H3,(H,19,21). The van der Waals surface area contributed by atoms with Crippen LogP contribution in [0.3, 0.4) is 0 Å². The van der Waals surface area contributed by atoms with E-state index in [1.165, 1.54) is 0 Å². The number of aromatic nitrogens is 1. The number of carbonyl (C=O) groups excluding carboxylic acids is 1. The van der Waals surface area contributed by atoms with Gasteiger partial charge in [0.25, 0.3) is 5.91 Å². The topological polar surface area (TPSA) is 68.2 Å². The van der Waals surface area contributed by atoms with Gasteiger partial charge in [-0.05, 0) is 55.3 Å². The Labute approximate surface area is 141 Å². The maximum Gasteiger partial charge on any atom is 0.264 e. The number of rotatable bonds is 3. The van der Waals surface area contributed by atoms with Crippen LogP contribution in [-0.4, -0.2) is 25.1 Å². The van der Waals surface area contributed by atoms with Gasteiger partial charge < -0.3 is 4.57 Å². The average Bonchev–Trinajstić information content (AvgIpc) is 2.82. The van der Waals surface area contributed by atoms with Crippen molar-refractivity contribution in [2.24, 2.45) is 0 Å². The summed E-state index contributed by atoms with van der Waals surface area (Å²) >= 11 is 0. The lowest BCUT2D eigenvalue weighted by molar-refractivity contribution is 0.0982. The van der Waals surface area contributed by atoms with E-state index in [2.05, 4.69) is 10.6 Å². The van der Waals surface area contributed by atoms with E-state index in [1.807, 2.05) is 49.0 Å². The van der Waals surface area contributed by atoms with Crippen LogP contribution < -0.4 is 4.72 Å². The van der Waals surface area contributed by atoms with Crippen molar-refractivity contribution in [2.75, 3.05) is 6.26 Å². The van der Waals surface area contributed by atoms with Gasteiger partial charge in [0.05, 0.1) is 11.8 Å². The number of fused-ring (bicyclic) bond motifs is 1. The maximum atomic E-state index is 12.0. The fourth-order valence-electron chi connectivity index (χ4n) is 2.75. The van der Waals surface area contributed by atoms with Crippen molar-refractivity contribution < 1.29 is 13.2 Å². The Morgan fingerprint density at radius 2 is 1.83 bits per heavy atom. The Morgan fingerprint density at radius 1 is 1.08 bits per heavy atom. The van der Waals surface area contributed by atoms with Crippen LogP contribution >= 0.6 is 0 Å². The molecule has 124 valence electrons. The lowest BCUT2D eigenvalue weighted by Crippen LogP contribution is -2.29. The molecule has 1 amide bonds. The van der Waals surface area contributed by atoms with E-state index < -0.39 is 15.9 Å². The Kier molecular flexibility index (Phi) is 3.93. The summed E-state index contributed by atoms with van der Waals surface area (Å²) in [5, 5.41) is 0.914. The molecule has 1 N–H and O–H groups in total. The molecule has 0 bridgehead atoms. The van der Waals surface area contributed by atoms with Crippen LogP contribution in [0.1, 0.15) is 21.5 Å². The third kappa shape index (κ3) is 3.19. The van der Waals surface area contributed by atoms with E-state index in [0.717, 1.165) is 34.0 Å². The molecule has 1 heterocycles. The van der Waals surface area contributed by atoms with Gasteiger partial charge in [-0.15, -0.1) is 0 Å². The molecule has 0 fully saturated rings. The molecule has 0 radical (unpaired) electrons. The molecule has 0 aliphatic heterocycles. The van der Waals surface area contributed by atoms with Crippen molar-refractivity contribution in [3.05, 3.63) is 65.4 Å². The molecular formula is C18H18N2O3S. The van der Waals surface area contributed by atoms with Crippen molar-refractivity contribution in [3.63, 3.8) is 0 Å². The summed E-state index contributed by atoms with van der Waals surface area (Å²) < 4.78 is 26.5. The monoisotopic (exact) mass is 342 g/mol. The Bertz CT molecular complexity index is 1050. The molecule has 6 heteroatoms. The number of nitrogens with one attached hydrogen (secondary N) is 1. The molecular weight excluding hydrogens is 324 g/mol. The molecule has 0 unspecified atom stereocenters. The first-order valence-electron chi connectivity index (χ1n) is 7.45. The molecule has 0 spiro atoms. The first-order valence-corrected chi connectivity index (χ1v) is 9.34. The van der Waals surface area contributed by atoms with Crippen LogP contribution in [0, 0.1) is 13.8 Å². The zero-order chi connectivity index (χ0) is 17.5. The van der Waals surface area contributed by atoms with E-state index >= 15 is 0 Å². The summed E-state index contributed by atoms with van der Waals surface area (Å²) in [6.45, 7) is 4.00. The van der Waals surface area contributed by atoms with E-state index in [0.29, 0.717) is 5.56 Å². The van der Waals surface area contributed by atoms with Crippen LogP contribution in [0.4, 0.5) is 0 Å². The highest BCUT2D eigenvalue weighted by Gasteiger charge is 2.14. The second kappa shape index (κ2) is 5.79. The average molecular weight is 342 g/mol. The summed E-state index contributed by atoms with van der Waals surface area (Å²) in [5.74, 6) is -0.623. The first-order chi connectivity index (χ1) is 11.2. The van der Waals surface area contributed by atoms with Crippen molar-refractivity contribution in [2.45, 2.75) is 13.8 Å². The van der Waals surface area contributed by atoms with Gasteiger partial charge in [0.15, 0.2) is 0 Å². The minimum atomic E-state index is -3.58. The zero-order valence-corrected chi connectivity index (χ0v) is 14.5. The predicted molar refractivity (Wildman–Crippen MR) is 95.1 cm³/mol. The van der Waals surface area contributed by atoms with Crippen molar-refractivity contribution >= 4 is 26.8 Å². The third-order valence-electron chi connectivity index (χ3n) is 3.82. The molecule has 5 nitrogen and oxygen atoms in total. The van der Waals surface area contributed by atoms with Gasteiger partial charge in [-0.25, -0.2) is 13.1 Å². The number of amides is 1. The van der Waals surface area contributed by atoms with Crippen molar-refractivity contribution in [3.8, 4) is 5.69 Å². The highest BCUT2D eigenvalue weighted by molar-refractivity contribution is 7.89. The van der Waals surface area contributed by atoms with Crippen LogP contribution in [0.15, 0.2) is 48.7 Å². The Balaban J connectivity index is 2.10. The molecule has 1 aromatic heterocycles. The summed E-state index contributed by atoms with van der Waals surface area (Å²) in [4.78, 5) is 12.0. The quantitative estimate of drug-likeness (QED) is 0.796. The van der Waals surface area contributed by atoms with Gasteiger partial charge in [0.1, 0.15) is 0 Å². The largest absolute Gasteiger partial charge is 0.316 e. The summed E-state index contributed by atoms with van der Waals surface area (Å²) in [7, 11) is -3.58. The Morgan fingerprint density at radius 3 is 2.50 bits per heavy atom. The van der Waals surface area contributed by atoms with E-state index in [4.69, 9.17) is 0 Å². The van der Waals surface area contributed by atoms with Crippen LogP contribution in [-0.2, 0) is 10.0 Å². The van der Waals surface area contributed by atoms with Gasteiger partial charge in [0.2, 0.25) is 10.0 Å². The molecule has 3 rings (SSSR count). The van der Waals surface area contributed by atoms with Gasteiger partial charge in [0, 0.05) is 22.8 Å². The Hall–Kier alpha value is -2.60. The highest BCUT2D eigenvalue weighted by Crippen LogP contribution is 2.26. The summed E-state index contributed by atoms with van der Waals surface area (Å²) in [6.07, 6.45) is 2.97. The van der Waals surface area contributed by atoms with Gasteiger partial charge in [-0.2, -0.15) is 0 Å². The number of aryl methyl sites for hydroxylation is 2. The van der Waals surface area contributed by atoms with Gasteiger partial charge in [-0.1, -0.05) is 12.1 Å². The second-order valence-electron chi connectivity index (χ2n) is 5.96. The van der Waals surface area contributed by atoms with Gasteiger partial charge >= 0.3 is 0 Å². The number of nitrogens with zero attached hydrogens (tertiary/aromatic N) is 1. The van der Waals surface area contributed by atoms with E-state index in [1.54, 1.807) is 12.1 Å². The number of benzene rings is 2. The third-order valence-corrected chi connectivity index (χ3v) is 4.38. The number of sulfonamides is 1. The first kappa shape index (κ1) is 16.3. The number of hydrogen-bond donors (Lipinski definition) is 1.